The van der Waals surface area contributed by atoms with E-state index < -0.39 is 0 Å². The van der Waals surface area contributed by atoms with Crippen LogP contribution in [0.2, 0.25) is 0 Å². The highest BCUT2D eigenvalue weighted by Crippen LogP contribution is 2.42. The normalized spacial score (nSPS) is 20.4. The van der Waals surface area contributed by atoms with Crippen LogP contribution < -0.4 is 5.32 Å². The standard InChI is InChI=1S/C14H16FNO/c1-3-9-6-10(7-14(17)16-2)13-8-11(15)4-5-12(9)13/h4-5,7-9H,3,6H2,1-2H3,(H,16,17)/b10-7+. The highest BCUT2D eigenvalue weighted by molar-refractivity contribution is 5.96. The second-order valence-corrected chi connectivity index (χ2v) is 4.32. The topological polar surface area (TPSA) is 29.1 Å². The van der Waals surface area contributed by atoms with E-state index in [9.17, 15) is 9.18 Å². The van der Waals surface area contributed by atoms with Gasteiger partial charge in [0.25, 0.3) is 0 Å². The summed E-state index contributed by atoms with van der Waals surface area (Å²) >= 11 is 0. The monoisotopic (exact) mass is 233 g/mol. The zero-order valence-electron chi connectivity index (χ0n) is 10.1. The number of benzene rings is 1. The minimum absolute atomic E-state index is 0.132. The van der Waals surface area contributed by atoms with Crippen molar-refractivity contribution in [1.29, 1.82) is 0 Å². The van der Waals surface area contributed by atoms with Crippen LogP contribution in [0.25, 0.3) is 5.57 Å². The van der Waals surface area contributed by atoms with Crippen molar-refractivity contribution >= 4 is 11.5 Å². The Morgan fingerprint density at radius 2 is 2.35 bits per heavy atom. The third-order valence-electron chi connectivity index (χ3n) is 3.31. The van der Waals surface area contributed by atoms with E-state index in [-0.39, 0.29) is 11.7 Å². The third kappa shape index (κ3) is 2.23. The Morgan fingerprint density at radius 1 is 1.59 bits per heavy atom. The maximum absolute atomic E-state index is 13.3. The van der Waals surface area contributed by atoms with E-state index in [0.717, 1.165) is 29.5 Å². The Kier molecular flexibility index (Phi) is 3.27. The SMILES string of the molecule is CCC1C/C(=C\C(=O)NC)c2cc(F)ccc21. The van der Waals surface area contributed by atoms with Crippen LogP contribution in [-0.2, 0) is 4.79 Å². The van der Waals surface area contributed by atoms with Gasteiger partial charge in [-0.2, -0.15) is 0 Å². The van der Waals surface area contributed by atoms with E-state index >= 15 is 0 Å². The fourth-order valence-corrected chi connectivity index (χ4v) is 2.38. The minimum Gasteiger partial charge on any atom is -0.356 e. The number of halogens is 1. The average molecular weight is 233 g/mol. The number of likely N-dealkylation sites (N-methyl/N-ethyl adjacent to an activating group) is 1. The maximum Gasteiger partial charge on any atom is 0.244 e. The molecule has 0 bridgehead atoms. The van der Waals surface area contributed by atoms with Gasteiger partial charge < -0.3 is 5.32 Å². The first-order valence-electron chi connectivity index (χ1n) is 5.87. The van der Waals surface area contributed by atoms with Crippen molar-refractivity contribution in [2.75, 3.05) is 7.05 Å². The third-order valence-corrected chi connectivity index (χ3v) is 3.31. The number of amides is 1. The molecule has 17 heavy (non-hydrogen) atoms. The molecule has 1 amide bonds. The number of hydrogen-bond acceptors (Lipinski definition) is 1. The van der Waals surface area contributed by atoms with E-state index in [0.29, 0.717) is 5.92 Å². The van der Waals surface area contributed by atoms with Gasteiger partial charge in [0, 0.05) is 13.1 Å². The molecule has 1 N–H and O–H groups in total. The van der Waals surface area contributed by atoms with Crippen molar-refractivity contribution in [3.63, 3.8) is 0 Å². The van der Waals surface area contributed by atoms with Gasteiger partial charge in [-0.3, -0.25) is 4.79 Å². The smallest absolute Gasteiger partial charge is 0.244 e. The molecule has 90 valence electrons. The van der Waals surface area contributed by atoms with Crippen LogP contribution in [0.4, 0.5) is 4.39 Å². The summed E-state index contributed by atoms with van der Waals surface area (Å²) < 4.78 is 13.3. The average Bonchev–Trinajstić information content (AvgIpc) is 2.66. The number of nitrogens with one attached hydrogen (secondary N) is 1. The molecule has 0 saturated carbocycles. The zero-order chi connectivity index (χ0) is 12.4. The fourth-order valence-electron chi connectivity index (χ4n) is 2.38. The number of hydrogen-bond donors (Lipinski definition) is 1. The van der Waals surface area contributed by atoms with E-state index in [1.54, 1.807) is 13.1 Å². The summed E-state index contributed by atoms with van der Waals surface area (Å²) in [6.07, 6.45) is 3.40. The Labute approximate surface area is 101 Å². The van der Waals surface area contributed by atoms with Crippen LogP contribution in [0, 0.1) is 5.82 Å². The van der Waals surface area contributed by atoms with Crippen molar-refractivity contribution in [2.24, 2.45) is 0 Å². The molecule has 0 spiro atoms. The second-order valence-electron chi connectivity index (χ2n) is 4.32. The van der Waals surface area contributed by atoms with Gasteiger partial charge in [0.15, 0.2) is 0 Å². The van der Waals surface area contributed by atoms with Gasteiger partial charge in [-0.1, -0.05) is 13.0 Å². The van der Waals surface area contributed by atoms with Crippen LogP contribution in [0.15, 0.2) is 24.3 Å². The van der Waals surface area contributed by atoms with Crippen LogP contribution in [0.1, 0.15) is 36.8 Å². The summed E-state index contributed by atoms with van der Waals surface area (Å²) in [4.78, 5) is 11.4. The van der Waals surface area contributed by atoms with Crippen molar-refractivity contribution in [3.8, 4) is 0 Å². The van der Waals surface area contributed by atoms with Crippen molar-refractivity contribution in [2.45, 2.75) is 25.7 Å². The number of allylic oxidation sites excluding steroid dienone is 1. The molecule has 0 aliphatic heterocycles. The number of carbonyl (C=O) groups excluding carboxylic acids is 1. The number of fused-ring (bicyclic) bond motifs is 1. The van der Waals surface area contributed by atoms with Crippen LogP contribution >= 0.6 is 0 Å². The van der Waals surface area contributed by atoms with E-state index in [4.69, 9.17) is 0 Å². The summed E-state index contributed by atoms with van der Waals surface area (Å²) in [5.74, 6) is 0.0248. The van der Waals surface area contributed by atoms with Gasteiger partial charge in [-0.25, -0.2) is 4.39 Å². The first-order valence-corrected chi connectivity index (χ1v) is 5.87. The van der Waals surface area contributed by atoms with E-state index in [1.165, 1.54) is 12.1 Å². The number of carbonyl (C=O) groups is 1. The predicted octanol–water partition coefficient (Wildman–Crippen LogP) is 2.85. The molecular formula is C14H16FNO. The molecule has 0 aromatic heterocycles. The summed E-state index contributed by atoms with van der Waals surface area (Å²) in [7, 11) is 1.60. The summed E-state index contributed by atoms with van der Waals surface area (Å²) in [5.41, 5.74) is 2.98. The highest BCUT2D eigenvalue weighted by Gasteiger charge is 2.25. The van der Waals surface area contributed by atoms with Crippen molar-refractivity contribution in [3.05, 3.63) is 41.2 Å². The Morgan fingerprint density at radius 3 is 3.00 bits per heavy atom. The van der Waals surface area contributed by atoms with E-state index in [1.807, 2.05) is 6.07 Å². The number of rotatable bonds is 2. The molecule has 2 nitrogen and oxygen atoms in total. The summed E-state index contributed by atoms with van der Waals surface area (Å²) in [6.45, 7) is 2.11. The van der Waals surface area contributed by atoms with Crippen molar-refractivity contribution < 1.29 is 9.18 Å². The van der Waals surface area contributed by atoms with Crippen LogP contribution in [0.5, 0.6) is 0 Å². The first-order chi connectivity index (χ1) is 8.15. The van der Waals surface area contributed by atoms with Gasteiger partial charge in [0.05, 0.1) is 0 Å². The molecule has 3 heteroatoms. The molecule has 0 radical (unpaired) electrons. The lowest BCUT2D eigenvalue weighted by molar-refractivity contribution is -0.116. The van der Waals surface area contributed by atoms with Gasteiger partial charge in [0.1, 0.15) is 5.82 Å². The Bertz CT molecular complexity index is 479. The lowest BCUT2D eigenvalue weighted by Crippen LogP contribution is -2.14. The summed E-state index contributed by atoms with van der Waals surface area (Å²) in [6, 6.07) is 4.85. The lowest BCUT2D eigenvalue weighted by atomic mass is 9.99. The van der Waals surface area contributed by atoms with Gasteiger partial charge in [-0.05, 0) is 47.6 Å². The maximum atomic E-state index is 13.3. The molecule has 1 aromatic rings. The molecule has 0 saturated heterocycles. The molecule has 1 atom stereocenters. The summed E-state index contributed by atoms with van der Waals surface area (Å²) in [5, 5.41) is 2.56. The molecule has 0 heterocycles. The molecule has 0 fully saturated rings. The van der Waals surface area contributed by atoms with Gasteiger partial charge in [-0.15, -0.1) is 0 Å². The van der Waals surface area contributed by atoms with Gasteiger partial charge in [0.2, 0.25) is 5.91 Å². The van der Waals surface area contributed by atoms with Crippen LogP contribution in [0.3, 0.4) is 0 Å². The van der Waals surface area contributed by atoms with E-state index in [2.05, 4.69) is 12.2 Å². The first kappa shape index (κ1) is 11.8. The van der Waals surface area contributed by atoms with Gasteiger partial charge >= 0.3 is 0 Å². The molecule has 1 aliphatic rings. The molecule has 1 aliphatic carbocycles. The zero-order valence-corrected chi connectivity index (χ0v) is 10.1. The molecule has 1 unspecified atom stereocenters. The van der Waals surface area contributed by atoms with Crippen LogP contribution in [-0.4, -0.2) is 13.0 Å². The molecule has 2 rings (SSSR count). The lowest BCUT2D eigenvalue weighted by Gasteiger charge is -2.06. The quantitative estimate of drug-likeness (QED) is 0.782. The minimum atomic E-state index is -0.247. The molecular weight excluding hydrogens is 217 g/mol. The Balaban J connectivity index is 2.45. The highest BCUT2D eigenvalue weighted by atomic mass is 19.1. The Hall–Kier alpha value is -1.64. The predicted molar refractivity (Wildman–Crippen MR) is 66.1 cm³/mol. The van der Waals surface area contributed by atoms with Crippen molar-refractivity contribution in [1.82, 2.24) is 5.32 Å². The largest absolute Gasteiger partial charge is 0.356 e. The fraction of sp³-hybridized carbons (Fsp3) is 0.357. The molecule has 1 aromatic carbocycles. The second kappa shape index (κ2) is 4.70.